The quantitative estimate of drug-likeness (QED) is 0.722. The second kappa shape index (κ2) is 3.18. The third-order valence-corrected chi connectivity index (χ3v) is 5.63. The molecular weight excluding hydrogens is 236 g/mol. The van der Waals surface area contributed by atoms with Crippen LogP contribution < -0.4 is 0 Å². The van der Waals surface area contributed by atoms with Gasteiger partial charge in [-0.1, -0.05) is 36.4 Å². The maximum atomic E-state index is 12.7. The van der Waals surface area contributed by atoms with E-state index >= 15 is 0 Å². The normalized spacial score (nSPS) is 46.3. The maximum absolute atomic E-state index is 12.7. The number of hydrogen-bond donors (Lipinski definition) is 1. The number of benzene rings is 1. The zero-order valence-corrected chi connectivity index (χ0v) is 11.3. The first kappa shape index (κ1) is 11.4. The highest BCUT2D eigenvalue weighted by molar-refractivity contribution is 5.97. The van der Waals surface area contributed by atoms with E-state index in [0.29, 0.717) is 5.92 Å². The van der Waals surface area contributed by atoms with E-state index in [1.165, 1.54) is 11.1 Å². The Morgan fingerprint density at radius 2 is 2.00 bits per heavy atom. The number of hydrogen-bond acceptors (Lipinski definition) is 2. The number of allylic oxidation sites excluding steroid dienone is 1. The molecule has 2 heteroatoms. The van der Waals surface area contributed by atoms with Gasteiger partial charge in [0.15, 0.2) is 5.78 Å². The summed E-state index contributed by atoms with van der Waals surface area (Å²) < 4.78 is 0. The summed E-state index contributed by atoms with van der Waals surface area (Å²) in [5.41, 5.74) is 0.915. The van der Waals surface area contributed by atoms with Crippen LogP contribution in [-0.2, 0) is 11.2 Å². The van der Waals surface area contributed by atoms with Crippen LogP contribution in [-0.4, -0.2) is 16.5 Å². The number of carbonyl (C=O) groups excluding carboxylic acids is 1. The Balaban J connectivity index is 1.96. The Bertz CT molecular complexity index is 613. The molecule has 98 valence electrons. The minimum absolute atomic E-state index is 0.00884. The fourth-order valence-corrected chi connectivity index (χ4v) is 4.80. The van der Waals surface area contributed by atoms with E-state index in [2.05, 4.69) is 30.3 Å². The van der Waals surface area contributed by atoms with Crippen LogP contribution in [0, 0.1) is 17.3 Å². The van der Waals surface area contributed by atoms with Crippen LogP contribution in [0.5, 0.6) is 0 Å². The third-order valence-electron chi connectivity index (χ3n) is 5.63. The topological polar surface area (TPSA) is 37.3 Å². The molecule has 0 spiro atoms. The minimum atomic E-state index is -1.20. The number of aliphatic hydroxyl groups is 1. The van der Waals surface area contributed by atoms with Gasteiger partial charge in [0, 0.05) is 11.8 Å². The molecule has 2 nitrogen and oxygen atoms in total. The number of carbonyl (C=O) groups is 1. The Morgan fingerprint density at radius 1 is 1.26 bits per heavy atom. The Labute approximate surface area is 113 Å². The molecule has 5 atom stereocenters. The predicted molar refractivity (Wildman–Crippen MR) is 72.7 cm³/mol. The largest absolute Gasteiger partial charge is 0.382 e. The summed E-state index contributed by atoms with van der Waals surface area (Å²) in [7, 11) is 0. The van der Waals surface area contributed by atoms with Crippen molar-refractivity contribution in [3.05, 3.63) is 47.5 Å². The monoisotopic (exact) mass is 254 g/mol. The molecule has 4 aliphatic carbocycles. The Morgan fingerprint density at radius 3 is 2.79 bits per heavy atom. The van der Waals surface area contributed by atoms with Crippen molar-refractivity contribution >= 4 is 5.78 Å². The summed E-state index contributed by atoms with van der Waals surface area (Å²) in [6.07, 6.45) is 5.10. The molecule has 1 saturated carbocycles. The van der Waals surface area contributed by atoms with Gasteiger partial charge in [0.05, 0.1) is 5.41 Å². The molecular formula is C17H18O2. The van der Waals surface area contributed by atoms with Crippen LogP contribution in [0.1, 0.15) is 30.9 Å². The van der Waals surface area contributed by atoms with Crippen molar-refractivity contribution in [3.63, 3.8) is 0 Å². The van der Waals surface area contributed by atoms with Crippen molar-refractivity contribution in [2.45, 2.75) is 31.8 Å². The van der Waals surface area contributed by atoms with Gasteiger partial charge in [0.2, 0.25) is 0 Å². The highest BCUT2D eigenvalue weighted by Crippen LogP contribution is 2.62. The number of ketones is 1. The van der Waals surface area contributed by atoms with E-state index in [4.69, 9.17) is 0 Å². The van der Waals surface area contributed by atoms with Gasteiger partial charge < -0.3 is 5.11 Å². The molecule has 1 aromatic carbocycles. The summed E-state index contributed by atoms with van der Waals surface area (Å²) in [5.74, 6) is 0.552. The van der Waals surface area contributed by atoms with Crippen LogP contribution >= 0.6 is 0 Å². The van der Waals surface area contributed by atoms with Gasteiger partial charge in [-0.15, -0.1) is 0 Å². The first-order chi connectivity index (χ1) is 8.96. The summed E-state index contributed by atoms with van der Waals surface area (Å²) in [4.78, 5) is 12.7. The average molecular weight is 254 g/mol. The molecule has 1 fully saturated rings. The van der Waals surface area contributed by atoms with E-state index in [-0.39, 0.29) is 17.6 Å². The number of fused-ring (bicyclic) bond motifs is 2. The lowest BCUT2D eigenvalue weighted by molar-refractivity contribution is -0.161. The van der Waals surface area contributed by atoms with Crippen LogP contribution in [0.2, 0.25) is 0 Å². The summed E-state index contributed by atoms with van der Waals surface area (Å²) in [6, 6.07) is 8.43. The molecule has 0 saturated heterocycles. The molecule has 0 radical (unpaired) electrons. The lowest BCUT2D eigenvalue weighted by Gasteiger charge is -2.54. The van der Waals surface area contributed by atoms with E-state index < -0.39 is 11.0 Å². The van der Waals surface area contributed by atoms with Gasteiger partial charge in [0.1, 0.15) is 5.60 Å². The summed E-state index contributed by atoms with van der Waals surface area (Å²) in [5, 5.41) is 10.6. The number of Topliss-reactive ketones (excluding diaryl/α,β-unsaturated/α-hetero) is 1. The standard InChI is InChI=1S/C17H18O2/c1-16-8-7-13(17(2,19)15(16)18)12-9-10-5-3-4-6-11(10)14(12)16/h3-8,12-14,19H,9H2,1-2H3. The smallest absolute Gasteiger partial charge is 0.174 e. The Hall–Kier alpha value is -1.41. The second-order valence-corrected chi connectivity index (χ2v) is 6.69. The van der Waals surface area contributed by atoms with Crippen LogP contribution in [0.4, 0.5) is 0 Å². The third kappa shape index (κ3) is 1.14. The predicted octanol–water partition coefficient (Wildman–Crippen LogP) is 2.47. The summed E-state index contributed by atoms with van der Waals surface area (Å²) >= 11 is 0. The van der Waals surface area contributed by atoms with Crippen molar-refractivity contribution < 1.29 is 9.90 Å². The lowest BCUT2D eigenvalue weighted by Crippen LogP contribution is -2.62. The van der Waals surface area contributed by atoms with Crippen LogP contribution in [0.3, 0.4) is 0 Å². The van der Waals surface area contributed by atoms with E-state index in [1.54, 1.807) is 6.92 Å². The Kier molecular flexibility index (Phi) is 1.91. The van der Waals surface area contributed by atoms with Gasteiger partial charge in [-0.3, -0.25) is 4.79 Å². The molecule has 0 amide bonds. The molecule has 5 rings (SSSR count). The second-order valence-electron chi connectivity index (χ2n) is 6.69. The lowest BCUT2D eigenvalue weighted by atomic mass is 9.49. The SMILES string of the molecule is CC1(O)C(=O)C2(C)C=CC1C1Cc3ccccc3C12. The van der Waals surface area contributed by atoms with E-state index in [9.17, 15) is 9.90 Å². The summed E-state index contributed by atoms with van der Waals surface area (Å²) in [6.45, 7) is 3.69. The maximum Gasteiger partial charge on any atom is 0.174 e. The molecule has 0 aliphatic heterocycles. The van der Waals surface area contributed by atoms with Crippen molar-refractivity contribution in [2.24, 2.45) is 17.3 Å². The van der Waals surface area contributed by atoms with E-state index in [1.807, 2.05) is 13.0 Å². The molecule has 0 aromatic heterocycles. The molecule has 5 unspecified atom stereocenters. The average Bonchev–Trinajstić information content (AvgIpc) is 2.76. The molecule has 1 N–H and O–H groups in total. The van der Waals surface area contributed by atoms with Crippen LogP contribution in [0.15, 0.2) is 36.4 Å². The van der Waals surface area contributed by atoms with Gasteiger partial charge in [-0.2, -0.15) is 0 Å². The first-order valence-electron chi connectivity index (χ1n) is 7.00. The van der Waals surface area contributed by atoms with Crippen LogP contribution in [0.25, 0.3) is 0 Å². The number of rotatable bonds is 0. The van der Waals surface area contributed by atoms with Crippen molar-refractivity contribution in [3.8, 4) is 0 Å². The fraction of sp³-hybridized carbons (Fsp3) is 0.471. The molecule has 4 aliphatic rings. The van der Waals surface area contributed by atoms with Gasteiger partial charge >= 0.3 is 0 Å². The highest BCUT2D eigenvalue weighted by atomic mass is 16.3. The molecule has 1 aromatic rings. The first-order valence-corrected chi connectivity index (χ1v) is 7.00. The van der Waals surface area contributed by atoms with Crippen molar-refractivity contribution in [1.82, 2.24) is 0 Å². The van der Waals surface area contributed by atoms with E-state index in [0.717, 1.165) is 6.42 Å². The van der Waals surface area contributed by atoms with Gasteiger partial charge in [-0.25, -0.2) is 0 Å². The molecule has 2 bridgehead atoms. The van der Waals surface area contributed by atoms with Crippen molar-refractivity contribution in [1.29, 1.82) is 0 Å². The fourth-order valence-electron chi connectivity index (χ4n) is 4.80. The highest BCUT2D eigenvalue weighted by Gasteiger charge is 2.64. The molecule has 0 heterocycles. The zero-order valence-electron chi connectivity index (χ0n) is 11.3. The minimum Gasteiger partial charge on any atom is -0.382 e. The van der Waals surface area contributed by atoms with Gasteiger partial charge in [0.25, 0.3) is 0 Å². The zero-order chi connectivity index (χ0) is 13.4. The van der Waals surface area contributed by atoms with Crippen molar-refractivity contribution in [2.75, 3.05) is 0 Å². The molecule has 19 heavy (non-hydrogen) atoms. The van der Waals surface area contributed by atoms with Gasteiger partial charge in [-0.05, 0) is 37.3 Å².